The van der Waals surface area contributed by atoms with E-state index in [9.17, 15) is 34.9 Å². The third-order valence-corrected chi connectivity index (χ3v) is 6.60. The maximum absolute atomic E-state index is 13.5. The van der Waals surface area contributed by atoms with Crippen LogP contribution in [0.2, 0.25) is 5.02 Å². The molecule has 0 saturated carbocycles. The highest BCUT2D eigenvalue weighted by molar-refractivity contribution is 7.80. The minimum Gasteiger partial charge on any atom is -0.477 e. The van der Waals surface area contributed by atoms with E-state index in [1.54, 1.807) is 18.2 Å². The van der Waals surface area contributed by atoms with Gasteiger partial charge in [0.1, 0.15) is 5.56 Å². The number of nitrogens with zero attached hydrogens (tertiary/aromatic N) is 3. The highest BCUT2D eigenvalue weighted by Crippen LogP contribution is 2.27. The average molecular weight is 558 g/mol. The van der Waals surface area contributed by atoms with E-state index in [0.717, 1.165) is 17.0 Å². The van der Waals surface area contributed by atoms with Crippen molar-refractivity contribution in [2.45, 2.75) is 32.2 Å². The summed E-state index contributed by atoms with van der Waals surface area (Å²) in [5, 5.41) is 36.3. The topological polar surface area (TPSA) is 166 Å². The maximum Gasteiger partial charge on any atom is 0.342 e. The zero-order valence-corrected chi connectivity index (χ0v) is 21.8. The smallest absolute Gasteiger partial charge is 0.342 e. The maximum atomic E-state index is 13.5. The van der Waals surface area contributed by atoms with Crippen LogP contribution < -0.4 is 10.6 Å². The molecule has 0 radical (unpaired) electrons. The molecule has 1 aliphatic rings. The number of nitrogens with one attached hydrogen (secondary N) is 2. The van der Waals surface area contributed by atoms with E-state index >= 15 is 0 Å². The van der Waals surface area contributed by atoms with Crippen LogP contribution >= 0.6 is 23.8 Å². The fraction of sp³-hybridized carbons (Fsp3) is 0.320. The number of rotatable bonds is 8. The lowest BCUT2D eigenvalue weighted by molar-refractivity contribution is -0.385. The number of imide groups is 1. The highest BCUT2D eigenvalue weighted by atomic mass is 35.5. The molecule has 38 heavy (non-hydrogen) atoms. The van der Waals surface area contributed by atoms with Gasteiger partial charge in [-0.1, -0.05) is 43.2 Å². The Bertz CT molecular complexity index is 1340. The molecule has 3 N–H and O–H groups in total. The third-order valence-electron chi connectivity index (χ3n) is 6.09. The largest absolute Gasteiger partial charge is 0.477 e. The minimum atomic E-state index is -1.44. The Balaban J connectivity index is 1.88. The van der Waals surface area contributed by atoms with Crippen LogP contribution in [0.4, 0.5) is 10.5 Å². The Morgan fingerprint density at radius 3 is 2.74 bits per heavy atom. The quantitative estimate of drug-likeness (QED) is 0.247. The van der Waals surface area contributed by atoms with Gasteiger partial charge >= 0.3 is 12.0 Å². The Hall–Kier alpha value is -4.08. The second kappa shape index (κ2) is 12.4. The van der Waals surface area contributed by atoms with Crippen molar-refractivity contribution in [1.29, 1.82) is 5.26 Å². The molecular formula is C25H24ClN5O6S. The molecule has 3 rings (SSSR count). The van der Waals surface area contributed by atoms with Gasteiger partial charge < -0.3 is 15.7 Å². The monoisotopic (exact) mass is 557 g/mol. The Kier molecular flexibility index (Phi) is 9.33. The first-order valence-corrected chi connectivity index (χ1v) is 12.4. The molecule has 2 aromatic rings. The molecule has 11 nitrogen and oxygen atoms in total. The van der Waals surface area contributed by atoms with Gasteiger partial charge in [0.15, 0.2) is 0 Å². The van der Waals surface area contributed by atoms with Crippen LogP contribution in [0.25, 0.3) is 0 Å². The molecule has 2 aromatic carbocycles. The molecule has 0 bridgehead atoms. The van der Waals surface area contributed by atoms with Crippen LogP contribution in [0.1, 0.15) is 52.9 Å². The Morgan fingerprint density at radius 1 is 1.37 bits per heavy atom. The number of carboxylic acid groups (broad SMARTS) is 1. The van der Waals surface area contributed by atoms with Crippen molar-refractivity contribution in [1.82, 2.24) is 15.5 Å². The summed E-state index contributed by atoms with van der Waals surface area (Å²) in [4.78, 5) is 50.1. The molecular weight excluding hydrogens is 534 g/mol. The minimum absolute atomic E-state index is 0.142. The standard InChI is InChI=1S/C25H24ClN5O6S/c1-2-3-20(14-5-7-19(24(33)34)21(10-14)31(36)37)29-25(35)30-13-22(38)28-12-17(23(30)32)8-16-9-18(26)6-4-15(16)11-27/h4-7,9-10,17,20H,2-3,8,12-13H2,1H3,(H,28,38)(H,29,35)(H,33,34)/t17-,20-/m1/s1. The summed E-state index contributed by atoms with van der Waals surface area (Å²) in [6.07, 6.45) is 1.10. The van der Waals surface area contributed by atoms with Gasteiger partial charge in [-0.25, -0.2) is 9.59 Å². The number of amides is 3. The molecule has 13 heteroatoms. The Labute approximate surface area is 228 Å². The summed E-state index contributed by atoms with van der Waals surface area (Å²) < 4.78 is 0. The summed E-state index contributed by atoms with van der Waals surface area (Å²) >= 11 is 11.4. The number of nitro benzene ring substituents is 1. The first-order valence-electron chi connectivity index (χ1n) is 11.6. The number of carboxylic acids is 1. The van der Waals surface area contributed by atoms with E-state index in [1.165, 1.54) is 6.07 Å². The highest BCUT2D eigenvalue weighted by Gasteiger charge is 2.34. The number of aromatic carboxylic acids is 1. The first-order chi connectivity index (χ1) is 18.0. The van der Waals surface area contributed by atoms with Crippen LogP contribution in [-0.4, -0.2) is 50.9 Å². The number of nitro groups is 1. The van der Waals surface area contributed by atoms with Crippen molar-refractivity contribution in [2.75, 3.05) is 13.1 Å². The number of thiocarbonyl (C=S) groups is 1. The van der Waals surface area contributed by atoms with Crippen molar-refractivity contribution < 1.29 is 24.4 Å². The number of hydrogen-bond donors (Lipinski definition) is 3. The molecule has 1 fully saturated rings. The summed E-state index contributed by atoms with van der Waals surface area (Å²) in [6.45, 7) is 1.83. The van der Waals surface area contributed by atoms with Crippen LogP contribution in [0, 0.1) is 27.4 Å². The lowest BCUT2D eigenvalue weighted by atomic mass is 9.95. The summed E-state index contributed by atoms with van der Waals surface area (Å²) in [5.74, 6) is -2.69. The van der Waals surface area contributed by atoms with Crippen molar-refractivity contribution in [3.63, 3.8) is 0 Å². The normalized spacial score (nSPS) is 16.1. The van der Waals surface area contributed by atoms with Gasteiger partial charge in [-0.15, -0.1) is 0 Å². The predicted octanol–water partition coefficient (Wildman–Crippen LogP) is 3.99. The predicted molar refractivity (Wildman–Crippen MR) is 142 cm³/mol. The molecule has 1 heterocycles. The first kappa shape index (κ1) is 28.5. The molecule has 2 atom stereocenters. The molecule has 3 amide bonds. The van der Waals surface area contributed by atoms with E-state index in [4.69, 9.17) is 23.8 Å². The van der Waals surface area contributed by atoms with Crippen molar-refractivity contribution in [3.8, 4) is 6.07 Å². The van der Waals surface area contributed by atoms with Gasteiger partial charge in [0, 0.05) is 17.6 Å². The zero-order valence-electron chi connectivity index (χ0n) is 20.3. The molecule has 198 valence electrons. The lowest BCUT2D eigenvalue weighted by Crippen LogP contribution is -2.48. The fourth-order valence-corrected chi connectivity index (χ4v) is 4.60. The molecule has 0 aliphatic carbocycles. The molecule has 0 unspecified atom stereocenters. The van der Waals surface area contributed by atoms with Crippen LogP contribution in [0.5, 0.6) is 0 Å². The summed E-state index contributed by atoms with van der Waals surface area (Å²) in [7, 11) is 0. The van der Waals surface area contributed by atoms with Crippen LogP contribution in [0.15, 0.2) is 36.4 Å². The SMILES string of the molecule is CCC[C@@H](NC(=O)N1CC(=S)NC[C@@H](Cc2cc(Cl)ccc2C#N)C1=O)c1ccc(C(=O)O)c([N+](=O)[O-])c1. The molecule has 0 spiro atoms. The van der Waals surface area contributed by atoms with Crippen molar-refractivity contribution in [2.24, 2.45) is 5.92 Å². The van der Waals surface area contributed by atoms with Crippen LogP contribution in [-0.2, 0) is 11.2 Å². The second-order valence-electron chi connectivity index (χ2n) is 8.67. The number of urea groups is 1. The van der Waals surface area contributed by atoms with Crippen molar-refractivity contribution in [3.05, 3.63) is 73.8 Å². The average Bonchev–Trinajstić information content (AvgIpc) is 3.01. The van der Waals surface area contributed by atoms with Gasteiger partial charge in [0.25, 0.3) is 5.69 Å². The number of benzene rings is 2. The van der Waals surface area contributed by atoms with Gasteiger partial charge in [-0.05, 0) is 48.2 Å². The lowest BCUT2D eigenvalue weighted by Gasteiger charge is -2.26. The van der Waals surface area contributed by atoms with Crippen LogP contribution in [0.3, 0.4) is 0 Å². The molecule has 1 saturated heterocycles. The second-order valence-corrected chi connectivity index (χ2v) is 9.60. The number of carbonyl (C=O) groups is 3. The Morgan fingerprint density at radius 2 is 2.11 bits per heavy atom. The fourth-order valence-electron chi connectivity index (χ4n) is 4.19. The zero-order chi connectivity index (χ0) is 28.0. The van der Waals surface area contributed by atoms with E-state index < -0.39 is 46.0 Å². The summed E-state index contributed by atoms with van der Waals surface area (Å²) in [6, 6.07) is 8.97. The van der Waals surface area contributed by atoms with E-state index in [-0.39, 0.29) is 24.5 Å². The number of halogens is 1. The summed E-state index contributed by atoms with van der Waals surface area (Å²) in [5.41, 5.74) is 0.174. The van der Waals surface area contributed by atoms with E-state index in [0.29, 0.717) is 34.6 Å². The number of carbonyl (C=O) groups excluding carboxylic acids is 2. The third kappa shape index (κ3) is 6.62. The van der Waals surface area contributed by atoms with Gasteiger partial charge in [0.05, 0.1) is 40.0 Å². The van der Waals surface area contributed by atoms with Crippen molar-refractivity contribution >= 4 is 52.4 Å². The van der Waals surface area contributed by atoms with Gasteiger partial charge in [-0.2, -0.15) is 5.26 Å². The molecule has 0 aromatic heterocycles. The van der Waals surface area contributed by atoms with Gasteiger partial charge in [-0.3, -0.25) is 19.8 Å². The number of hydrogen-bond acceptors (Lipinski definition) is 7. The van der Waals surface area contributed by atoms with E-state index in [2.05, 4.69) is 16.7 Å². The van der Waals surface area contributed by atoms with E-state index in [1.807, 2.05) is 6.92 Å². The molecule has 1 aliphatic heterocycles. The van der Waals surface area contributed by atoms with Gasteiger partial charge in [0.2, 0.25) is 5.91 Å². The number of nitriles is 1.